The molecule has 0 heteroatoms. The summed E-state index contributed by atoms with van der Waals surface area (Å²) in [5, 5.41) is 0. The van der Waals surface area contributed by atoms with Crippen LogP contribution >= 0.6 is 0 Å². The Hall–Kier alpha value is -2.34. The van der Waals surface area contributed by atoms with Gasteiger partial charge in [0.2, 0.25) is 0 Å². The van der Waals surface area contributed by atoms with Crippen molar-refractivity contribution >= 4 is 12.2 Å². The van der Waals surface area contributed by atoms with E-state index in [1.54, 1.807) is 0 Å². The quantitative estimate of drug-likeness (QED) is 0.583. The topological polar surface area (TPSA) is 0 Å². The Kier molecular flexibility index (Phi) is 2.93. The number of benzene rings is 1. The molecular formula is C18H14. The van der Waals surface area contributed by atoms with Crippen molar-refractivity contribution in [3.63, 3.8) is 0 Å². The van der Waals surface area contributed by atoms with Crippen molar-refractivity contribution in [1.82, 2.24) is 0 Å². The van der Waals surface area contributed by atoms with E-state index in [9.17, 15) is 0 Å². The number of hydrogen-bond donors (Lipinski definition) is 0. The lowest BCUT2D eigenvalue weighted by Gasteiger charge is -1.96. The van der Waals surface area contributed by atoms with Crippen LogP contribution in [-0.4, -0.2) is 0 Å². The van der Waals surface area contributed by atoms with Crippen LogP contribution in [0.5, 0.6) is 0 Å². The Morgan fingerprint density at radius 1 is 0.556 bits per heavy atom. The number of rotatable bonds is 2. The first kappa shape index (κ1) is 10.8. The first-order valence-electron chi connectivity index (χ1n) is 6.14. The van der Waals surface area contributed by atoms with E-state index in [4.69, 9.17) is 0 Å². The van der Waals surface area contributed by atoms with E-state index in [2.05, 4.69) is 78.9 Å². The van der Waals surface area contributed by atoms with Crippen LogP contribution in [0.4, 0.5) is 0 Å². The van der Waals surface area contributed by atoms with E-state index >= 15 is 0 Å². The fourth-order valence-corrected chi connectivity index (χ4v) is 2.13. The van der Waals surface area contributed by atoms with Gasteiger partial charge in [-0.1, -0.05) is 84.9 Å². The van der Waals surface area contributed by atoms with Crippen LogP contribution in [0.2, 0.25) is 0 Å². The summed E-state index contributed by atoms with van der Waals surface area (Å²) in [6.07, 6.45) is 4.33. The van der Waals surface area contributed by atoms with Crippen LogP contribution in [0.15, 0.2) is 72.8 Å². The van der Waals surface area contributed by atoms with E-state index in [1.165, 1.54) is 22.3 Å². The van der Waals surface area contributed by atoms with E-state index in [0.29, 0.717) is 0 Å². The van der Waals surface area contributed by atoms with Crippen LogP contribution in [0.25, 0.3) is 23.3 Å². The third-order valence-electron chi connectivity index (χ3n) is 3.08. The smallest absolute Gasteiger partial charge is 0.0111 e. The summed E-state index contributed by atoms with van der Waals surface area (Å²) < 4.78 is 0. The van der Waals surface area contributed by atoms with Gasteiger partial charge in [-0.25, -0.2) is 0 Å². The van der Waals surface area contributed by atoms with Gasteiger partial charge < -0.3 is 0 Å². The maximum Gasteiger partial charge on any atom is -0.0111 e. The molecule has 18 heavy (non-hydrogen) atoms. The molecule has 0 radical (unpaired) electrons. The highest BCUT2D eigenvalue weighted by Crippen LogP contribution is 2.28. The predicted octanol–water partition coefficient (Wildman–Crippen LogP) is 4.96. The zero-order chi connectivity index (χ0) is 12.2. The highest BCUT2D eigenvalue weighted by Gasteiger charge is 2.03. The Bertz CT molecular complexity index is 635. The number of fused-ring (bicyclic) bond motifs is 1. The van der Waals surface area contributed by atoms with E-state index < -0.39 is 0 Å². The Balaban J connectivity index is 1.96. The summed E-state index contributed by atoms with van der Waals surface area (Å²) in [6.45, 7) is 0. The van der Waals surface area contributed by atoms with Crippen molar-refractivity contribution in [2.45, 2.75) is 0 Å². The van der Waals surface area contributed by atoms with Gasteiger partial charge in [-0.05, 0) is 22.3 Å². The third kappa shape index (κ3) is 2.18. The fraction of sp³-hybridized carbons (Fsp3) is 0. The van der Waals surface area contributed by atoms with Gasteiger partial charge in [-0.2, -0.15) is 0 Å². The molecule has 1 aromatic rings. The second-order valence-corrected chi connectivity index (χ2v) is 4.31. The monoisotopic (exact) mass is 230 g/mol. The largest absolute Gasteiger partial charge is 0.0622 e. The normalized spacial score (nSPS) is 11.1. The van der Waals surface area contributed by atoms with Crippen molar-refractivity contribution in [3.05, 3.63) is 83.9 Å². The molecule has 0 bridgehead atoms. The van der Waals surface area contributed by atoms with Crippen LogP contribution < -0.4 is 0 Å². The van der Waals surface area contributed by atoms with Crippen molar-refractivity contribution in [3.8, 4) is 11.1 Å². The minimum Gasteiger partial charge on any atom is -0.0622 e. The molecule has 86 valence electrons. The molecule has 0 fully saturated rings. The molecule has 0 unspecified atom stereocenters. The fourth-order valence-electron chi connectivity index (χ4n) is 2.13. The zero-order valence-corrected chi connectivity index (χ0v) is 10.1. The molecule has 0 atom stereocenters. The first-order valence-corrected chi connectivity index (χ1v) is 6.14. The molecule has 2 aliphatic carbocycles. The highest BCUT2D eigenvalue weighted by atomic mass is 14.1. The Labute approximate surface area is 108 Å². The van der Waals surface area contributed by atoms with Gasteiger partial charge in [0.1, 0.15) is 0 Å². The second kappa shape index (κ2) is 4.89. The van der Waals surface area contributed by atoms with Crippen molar-refractivity contribution < 1.29 is 0 Å². The molecule has 0 amide bonds. The van der Waals surface area contributed by atoms with Gasteiger partial charge in [-0.3, -0.25) is 0 Å². The van der Waals surface area contributed by atoms with E-state index in [0.717, 1.165) is 0 Å². The van der Waals surface area contributed by atoms with Crippen LogP contribution in [0, 0.1) is 0 Å². The molecule has 0 heterocycles. The van der Waals surface area contributed by atoms with Crippen LogP contribution in [-0.2, 0) is 0 Å². The van der Waals surface area contributed by atoms with Crippen molar-refractivity contribution in [2.75, 3.05) is 0 Å². The minimum atomic E-state index is 1.23. The minimum absolute atomic E-state index is 1.23. The molecule has 1 aromatic carbocycles. The molecule has 0 saturated heterocycles. The first-order chi connectivity index (χ1) is 8.93. The summed E-state index contributed by atoms with van der Waals surface area (Å²) in [5.74, 6) is 0. The third-order valence-corrected chi connectivity index (χ3v) is 3.08. The highest BCUT2D eigenvalue weighted by molar-refractivity contribution is 5.83. The average Bonchev–Trinajstić information content (AvgIpc) is 2.65. The predicted molar refractivity (Wildman–Crippen MR) is 78.4 cm³/mol. The van der Waals surface area contributed by atoms with Gasteiger partial charge in [0.25, 0.3) is 0 Å². The van der Waals surface area contributed by atoms with Gasteiger partial charge in [-0.15, -0.1) is 0 Å². The molecule has 2 aliphatic rings. The molecule has 3 rings (SSSR count). The van der Waals surface area contributed by atoms with Crippen LogP contribution in [0.3, 0.4) is 0 Å². The molecule has 0 aliphatic heterocycles. The number of hydrogen-bond acceptors (Lipinski definition) is 0. The lowest BCUT2D eigenvalue weighted by molar-refractivity contribution is 1.66. The van der Waals surface area contributed by atoms with Gasteiger partial charge in [0.15, 0.2) is 0 Å². The lowest BCUT2D eigenvalue weighted by Crippen LogP contribution is -1.72. The average molecular weight is 230 g/mol. The summed E-state index contributed by atoms with van der Waals surface area (Å²) in [6, 6.07) is 25.3. The molecule has 0 aromatic heterocycles. The lowest BCUT2D eigenvalue weighted by atomic mass is 10.1. The van der Waals surface area contributed by atoms with Gasteiger partial charge >= 0.3 is 0 Å². The summed E-state index contributed by atoms with van der Waals surface area (Å²) in [7, 11) is 0. The second-order valence-electron chi connectivity index (χ2n) is 4.31. The summed E-state index contributed by atoms with van der Waals surface area (Å²) in [4.78, 5) is 0. The molecule has 0 N–H and O–H groups in total. The molecule has 0 saturated carbocycles. The van der Waals surface area contributed by atoms with Gasteiger partial charge in [0.05, 0.1) is 0 Å². The molecule has 0 spiro atoms. The SMILES string of the molecule is C(=C/c1ccc2cccccc1-2)/c1ccccc1. The molecular weight excluding hydrogens is 216 g/mol. The Morgan fingerprint density at radius 3 is 2.11 bits per heavy atom. The standard InChI is InChI=1S/C18H14/c1-3-7-15(8-4-1)11-12-17-14-13-16-9-5-2-6-10-18(16)17/h1-14H/b12-11-. The summed E-state index contributed by atoms with van der Waals surface area (Å²) >= 11 is 0. The van der Waals surface area contributed by atoms with Crippen molar-refractivity contribution in [2.24, 2.45) is 0 Å². The van der Waals surface area contributed by atoms with Crippen molar-refractivity contribution in [1.29, 1.82) is 0 Å². The molecule has 0 nitrogen and oxygen atoms in total. The van der Waals surface area contributed by atoms with E-state index in [1.807, 2.05) is 6.07 Å². The zero-order valence-electron chi connectivity index (χ0n) is 10.1. The maximum atomic E-state index is 2.18. The van der Waals surface area contributed by atoms with E-state index in [-0.39, 0.29) is 0 Å². The Morgan fingerprint density at radius 2 is 1.28 bits per heavy atom. The van der Waals surface area contributed by atoms with Crippen LogP contribution in [0.1, 0.15) is 11.1 Å². The van der Waals surface area contributed by atoms with Gasteiger partial charge in [0, 0.05) is 0 Å². The maximum absolute atomic E-state index is 2.18. The summed E-state index contributed by atoms with van der Waals surface area (Å²) in [5.41, 5.74) is 5.08.